The first-order chi connectivity index (χ1) is 9.20. The highest BCUT2D eigenvalue weighted by molar-refractivity contribution is 7.99. The van der Waals surface area contributed by atoms with E-state index in [1.54, 1.807) is 0 Å². The standard InChI is InChI=1S/C16H32N2S/c1-15(2)17-13-16(7-4-3-5-8-16)14-18-9-6-11-19-12-10-18/h15,17H,3-14H2,1-2H3. The van der Waals surface area contributed by atoms with Gasteiger partial charge in [-0.25, -0.2) is 0 Å². The van der Waals surface area contributed by atoms with E-state index in [1.807, 2.05) is 0 Å². The molecule has 2 nitrogen and oxygen atoms in total. The molecule has 0 aromatic carbocycles. The number of nitrogens with one attached hydrogen (secondary N) is 1. The third kappa shape index (κ3) is 5.28. The van der Waals surface area contributed by atoms with Crippen molar-refractivity contribution >= 4 is 11.8 Å². The smallest absolute Gasteiger partial charge is 0.00726 e. The van der Waals surface area contributed by atoms with Gasteiger partial charge in [0.2, 0.25) is 0 Å². The van der Waals surface area contributed by atoms with Crippen LogP contribution in [0.4, 0.5) is 0 Å². The Kier molecular flexibility index (Phi) is 6.51. The number of nitrogens with zero attached hydrogens (tertiary/aromatic N) is 1. The molecular weight excluding hydrogens is 252 g/mol. The Morgan fingerprint density at radius 2 is 1.84 bits per heavy atom. The van der Waals surface area contributed by atoms with Gasteiger partial charge in [-0.3, -0.25) is 0 Å². The average molecular weight is 285 g/mol. The van der Waals surface area contributed by atoms with Gasteiger partial charge in [-0.05, 0) is 37.0 Å². The summed E-state index contributed by atoms with van der Waals surface area (Å²) < 4.78 is 0. The fraction of sp³-hybridized carbons (Fsp3) is 1.00. The lowest BCUT2D eigenvalue weighted by atomic mass is 9.73. The predicted molar refractivity (Wildman–Crippen MR) is 87.0 cm³/mol. The van der Waals surface area contributed by atoms with Crippen molar-refractivity contribution < 1.29 is 0 Å². The summed E-state index contributed by atoms with van der Waals surface area (Å²) in [6.45, 7) is 9.77. The van der Waals surface area contributed by atoms with Crippen LogP contribution in [0.1, 0.15) is 52.4 Å². The fourth-order valence-corrected chi connectivity index (χ4v) is 4.47. The monoisotopic (exact) mass is 284 g/mol. The minimum atomic E-state index is 0.567. The van der Waals surface area contributed by atoms with E-state index in [1.165, 1.54) is 76.2 Å². The zero-order chi connectivity index (χ0) is 13.6. The minimum Gasteiger partial charge on any atom is -0.314 e. The van der Waals surface area contributed by atoms with E-state index in [2.05, 4.69) is 35.8 Å². The van der Waals surface area contributed by atoms with E-state index < -0.39 is 0 Å². The summed E-state index contributed by atoms with van der Waals surface area (Å²) in [7, 11) is 0. The molecule has 1 heterocycles. The molecule has 1 saturated heterocycles. The minimum absolute atomic E-state index is 0.567. The van der Waals surface area contributed by atoms with Gasteiger partial charge in [0, 0.05) is 31.4 Å². The lowest BCUT2D eigenvalue weighted by molar-refractivity contribution is 0.105. The van der Waals surface area contributed by atoms with E-state index in [-0.39, 0.29) is 0 Å². The van der Waals surface area contributed by atoms with Crippen molar-refractivity contribution in [3.8, 4) is 0 Å². The third-order valence-corrected chi connectivity index (χ3v) is 5.72. The Bertz CT molecular complexity index is 241. The van der Waals surface area contributed by atoms with Crippen LogP contribution in [-0.2, 0) is 0 Å². The van der Waals surface area contributed by atoms with E-state index in [0.717, 1.165) is 0 Å². The maximum atomic E-state index is 3.73. The van der Waals surface area contributed by atoms with Crippen molar-refractivity contribution in [2.24, 2.45) is 5.41 Å². The molecule has 3 heteroatoms. The van der Waals surface area contributed by atoms with Gasteiger partial charge < -0.3 is 10.2 Å². The van der Waals surface area contributed by atoms with Crippen LogP contribution in [0.3, 0.4) is 0 Å². The average Bonchev–Trinajstić information content (AvgIpc) is 2.66. The highest BCUT2D eigenvalue weighted by Gasteiger charge is 2.33. The number of hydrogen-bond donors (Lipinski definition) is 1. The zero-order valence-electron chi connectivity index (χ0n) is 12.9. The first kappa shape index (κ1) is 15.7. The van der Waals surface area contributed by atoms with E-state index in [4.69, 9.17) is 0 Å². The van der Waals surface area contributed by atoms with Crippen LogP contribution in [-0.4, -0.2) is 48.6 Å². The Labute approximate surface area is 124 Å². The van der Waals surface area contributed by atoms with Gasteiger partial charge in [-0.1, -0.05) is 33.1 Å². The van der Waals surface area contributed by atoms with Crippen molar-refractivity contribution in [1.82, 2.24) is 10.2 Å². The van der Waals surface area contributed by atoms with Crippen LogP contribution in [0, 0.1) is 5.41 Å². The summed E-state index contributed by atoms with van der Waals surface area (Å²) in [5, 5.41) is 3.73. The summed E-state index contributed by atoms with van der Waals surface area (Å²) >= 11 is 2.14. The molecule has 0 spiro atoms. The Balaban J connectivity index is 1.91. The molecule has 2 rings (SSSR count). The predicted octanol–water partition coefficient (Wildman–Crippen LogP) is 3.37. The molecule has 2 aliphatic rings. The van der Waals surface area contributed by atoms with Crippen molar-refractivity contribution in [3.63, 3.8) is 0 Å². The van der Waals surface area contributed by atoms with Gasteiger partial charge >= 0.3 is 0 Å². The molecular formula is C16H32N2S. The lowest BCUT2D eigenvalue weighted by Crippen LogP contribution is -2.47. The van der Waals surface area contributed by atoms with Crippen LogP contribution in [0.15, 0.2) is 0 Å². The molecule has 1 N–H and O–H groups in total. The Morgan fingerprint density at radius 1 is 1.05 bits per heavy atom. The Morgan fingerprint density at radius 3 is 2.58 bits per heavy atom. The van der Waals surface area contributed by atoms with Gasteiger partial charge in [0.25, 0.3) is 0 Å². The topological polar surface area (TPSA) is 15.3 Å². The van der Waals surface area contributed by atoms with Gasteiger partial charge in [-0.2, -0.15) is 11.8 Å². The highest BCUT2D eigenvalue weighted by atomic mass is 32.2. The van der Waals surface area contributed by atoms with E-state index in [9.17, 15) is 0 Å². The van der Waals surface area contributed by atoms with Gasteiger partial charge in [0.05, 0.1) is 0 Å². The molecule has 0 radical (unpaired) electrons. The van der Waals surface area contributed by atoms with Crippen molar-refractivity contribution in [2.75, 3.05) is 37.7 Å². The first-order valence-corrected chi connectivity index (χ1v) is 9.39. The second-order valence-corrected chi connectivity index (χ2v) is 8.06. The second-order valence-electron chi connectivity index (χ2n) is 6.84. The van der Waals surface area contributed by atoms with Crippen molar-refractivity contribution in [3.05, 3.63) is 0 Å². The Hall–Kier alpha value is 0.270. The summed E-state index contributed by atoms with van der Waals surface area (Å²) in [6.07, 6.45) is 8.62. The molecule has 1 saturated carbocycles. The van der Waals surface area contributed by atoms with E-state index in [0.29, 0.717) is 11.5 Å². The molecule has 0 atom stereocenters. The number of rotatable bonds is 5. The van der Waals surface area contributed by atoms with Crippen LogP contribution in [0.5, 0.6) is 0 Å². The molecule has 2 fully saturated rings. The van der Waals surface area contributed by atoms with Crippen LogP contribution < -0.4 is 5.32 Å². The summed E-state index contributed by atoms with van der Waals surface area (Å²) in [6, 6.07) is 0.624. The van der Waals surface area contributed by atoms with E-state index >= 15 is 0 Å². The normalized spacial score (nSPS) is 25.4. The maximum Gasteiger partial charge on any atom is 0.00726 e. The van der Waals surface area contributed by atoms with Crippen LogP contribution in [0.25, 0.3) is 0 Å². The summed E-state index contributed by atoms with van der Waals surface area (Å²) in [5.41, 5.74) is 0.567. The van der Waals surface area contributed by atoms with Crippen molar-refractivity contribution in [2.45, 2.75) is 58.4 Å². The highest BCUT2D eigenvalue weighted by Crippen LogP contribution is 2.37. The molecule has 0 bridgehead atoms. The summed E-state index contributed by atoms with van der Waals surface area (Å²) in [4.78, 5) is 2.76. The largest absolute Gasteiger partial charge is 0.314 e. The van der Waals surface area contributed by atoms with Gasteiger partial charge in [-0.15, -0.1) is 0 Å². The zero-order valence-corrected chi connectivity index (χ0v) is 13.7. The molecule has 1 aliphatic heterocycles. The second kappa shape index (κ2) is 7.90. The molecule has 1 aliphatic carbocycles. The number of hydrogen-bond acceptors (Lipinski definition) is 3. The third-order valence-electron chi connectivity index (χ3n) is 4.67. The van der Waals surface area contributed by atoms with Crippen LogP contribution in [0.2, 0.25) is 0 Å². The lowest BCUT2D eigenvalue weighted by Gasteiger charge is -2.41. The molecule has 0 amide bonds. The quantitative estimate of drug-likeness (QED) is 0.833. The molecule has 0 unspecified atom stereocenters. The molecule has 0 aromatic rings. The number of thioether (sulfide) groups is 1. The first-order valence-electron chi connectivity index (χ1n) is 8.24. The maximum absolute atomic E-state index is 3.73. The molecule has 112 valence electrons. The SMILES string of the molecule is CC(C)NCC1(CN2CCCSCC2)CCCCC1. The summed E-state index contributed by atoms with van der Waals surface area (Å²) in [5.74, 6) is 2.71. The van der Waals surface area contributed by atoms with Crippen molar-refractivity contribution in [1.29, 1.82) is 0 Å². The van der Waals surface area contributed by atoms with Crippen LogP contribution >= 0.6 is 11.8 Å². The molecule has 19 heavy (non-hydrogen) atoms. The van der Waals surface area contributed by atoms with Gasteiger partial charge in [0.15, 0.2) is 0 Å². The fourth-order valence-electron chi connectivity index (χ4n) is 3.54. The van der Waals surface area contributed by atoms with Gasteiger partial charge in [0.1, 0.15) is 0 Å². The molecule has 0 aromatic heterocycles.